The normalized spacial score (nSPS) is 12.0. The van der Waals surface area contributed by atoms with Crippen molar-refractivity contribution in [3.8, 4) is 6.07 Å². The molecule has 4 heteroatoms. The number of benzene rings is 2. The maximum atomic E-state index is 9.18. The van der Waals surface area contributed by atoms with Gasteiger partial charge in [0.2, 0.25) is 0 Å². The zero-order chi connectivity index (χ0) is 14.8. The van der Waals surface area contributed by atoms with Gasteiger partial charge in [-0.05, 0) is 37.3 Å². The number of rotatable bonds is 3. The average molecular weight is 341 g/mol. The van der Waals surface area contributed by atoms with Crippen molar-refractivity contribution >= 4 is 32.6 Å². The number of nitrogens with zero attached hydrogens (tertiary/aromatic N) is 1. The van der Waals surface area contributed by atoms with Crippen LogP contribution in [0.4, 0.5) is 5.69 Å². The van der Waals surface area contributed by atoms with E-state index in [0.717, 1.165) is 26.9 Å². The van der Waals surface area contributed by atoms with Crippen LogP contribution in [0.3, 0.4) is 0 Å². The molecule has 0 spiro atoms. The van der Waals surface area contributed by atoms with Gasteiger partial charge in [-0.3, -0.25) is 0 Å². The third-order valence-electron chi connectivity index (χ3n) is 3.35. The first kappa shape index (κ1) is 13.7. The predicted molar refractivity (Wildman–Crippen MR) is 87.1 cm³/mol. The summed E-state index contributed by atoms with van der Waals surface area (Å²) in [6.45, 7) is 2.01. The Morgan fingerprint density at radius 2 is 2.00 bits per heavy atom. The molecular formula is C17H13BrN2O. The summed E-state index contributed by atoms with van der Waals surface area (Å²) in [6.07, 6.45) is 0. The van der Waals surface area contributed by atoms with Crippen LogP contribution in [0.5, 0.6) is 0 Å². The van der Waals surface area contributed by atoms with Gasteiger partial charge in [-0.15, -0.1) is 0 Å². The number of anilines is 1. The molecule has 0 radical (unpaired) electrons. The summed E-state index contributed by atoms with van der Waals surface area (Å²) < 4.78 is 6.78. The van der Waals surface area contributed by atoms with Crippen LogP contribution in [0, 0.1) is 11.3 Å². The first-order valence-electron chi connectivity index (χ1n) is 6.62. The largest absolute Gasteiger partial charge is 0.459 e. The van der Waals surface area contributed by atoms with Crippen molar-refractivity contribution < 1.29 is 4.42 Å². The topological polar surface area (TPSA) is 49.0 Å². The van der Waals surface area contributed by atoms with E-state index in [4.69, 9.17) is 4.42 Å². The van der Waals surface area contributed by atoms with Crippen LogP contribution < -0.4 is 5.32 Å². The highest BCUT2D eigenvalue weighted by Crippen LogP contribution is 2.28. The molecule has 1 N–H and O–H groups in total. The smallest absolute Gasteiger partial charge is 0.134 e. The number of furan rings is 1. The van der Waals surface area contributed by atoms with Crippen LogP contribution in [-0.2, 0) is 0 Å². The van der Waals surface area contributed by atoms with Crippen LogP contribution in [0.15, 0.2) is 57.4 Å². The molecule has 0 aliphatic carbocycles. The lowest BCUT2D eigenvalue weighted by Gasteiger charge is -2.14. The SMILES string of the molecule is CC(Nc1cc(Br)ccc1C#N)c1cc2ccccc2o1. The molecule has 104 valence electrons. The summed E-state index contributed by atoms with van der Waals surface area (Å²) >= 11 is 3.43. The summed E-state index contributed by atoms with van der Waals surface area (Å²) in [7, 11) is 0. The molecule has 2 aromatic carbocycles. The van der Waals surface area contributed by atoms with E-state index in [1.807, 2.05) is 49.4 Å². The summed E-state index contributed by atoms with van der Waals surface area (Å²) in [5.74, 6) is 0.847. The van der Waals surface area contributed by atoms with Crippen molar-refractivity contribution in [3.63, 3.8) is 0 Å². The predicted octanol–water partition coefficient (Wildman–Crippen LogP) is 5.24. The Kier molecular flexibility index (Phi) is 3.68. The zero-order valence-electron chi connectivity index (χ0n) is 11.4. The first-order chi connectivity index (χ1) is 10.2. The van der Waals surface area contributed by atoms with Gasteiger partial charge in [0, 0.05) is 9.86 Å². The van der Waals surface area contributed by atoms with Gasteiger partial charge in [0.05, 0.1) is 17.3 Å². The highest BCUT2D eigenvalue weighted by molar-refractivity contribution is 9.10. The fourth-order valence-corrected chi connectivity index (χ4v) is 2.61. The van der Waals surface area contributed by atoms with E-state index in [-0.39, 0.29) is 6.04 Å². The summed E-state index contributed by atoms with van der Waals surface area (Å²) in [4.78, 5) is 0. The highest BCUT2D eigenvalue weighted by atomic mass is 79.9. The molecule has 21 heavy (non-hydrogen) atoms. The number of nitriles is 1. The zero-order valence-corrected chi connectivity index (χ0v) is 13.0. The standard InChI is InChI=1S/C17H13BrN2O/c1-11(17-8-12-4-2-3-5-16(12)21-17)20-15-9-14(18)7-6-13(15)10-19/h2-9,11,20H,1H3. The van der Waals surface area contributed by atoms with Gasteiger partial charge < -0.3 is 9.73 Å². The number of hydrogen-bond donors (Lipinski definition) is 1. The van der Waals surface area contributed by atoms with Crippen molar-refractivity contribution in [1.29, 1.82) is 5.26 Å². The second-order valence-electron chi connectivity index (χ2n) is 4.85. The molecule has 0 aliphatic rings. The van der Waals surface area contributed by atoms with Crippen molar-refractivity contribution in [2.75, 3.05) is 5.32 Å². The number of hydrogen-bond acceptors (Lipinski definition) is 3. The van der Waals surface area contributed by atoms with Crippen molar-refractivity contribution in [2.45, 2.75) is 13.0 Å². The molecule has 0 saturated heterocycles. The van der Waals surface area contributed by atoms with E-state index in [0.29, 0.717) is 5.56 Å². The van der Waals surface area contributed by atoms with Gasteiger partial charge in [-0.25, -0.2) is 0 Å². The molecule has 0 amide bonds. The van der Waals surface area contributed by atoms with Crippen molar-refractivity contribution in [3.05, 3.63) is 64.3 Å². The molecule has 3 nitrogen and oxygen atoms in total. The average Bonchev–Trinajstić information content (AvgIpc) is 2.91. The Morgan fingerprint density at radius 3 is 2.76 bits per heavy atom. The molecular weight excluding hydrogens is 328 g/mol. The van der Waals surface area contributed by atoms with Gasteiger partial charge in [0.25, 0.3) is 0 Å². The molecule has 1 aromatic heterocycles. The molecule has 1 heterocycles. The van der Waals surface area contributed by atoms with Gasteiger partial charge in [-0.1, -0.05) is 34.1 Å². The Bertz CT molecular complexity index is 799. The maximum Gasteiger partial charge on any atom is 0.134 e. The van der Waals surface area contributed by atoms with Gasteiger partial charge >= 0.3 is 0 Å². The van der Waals surface area contributed by atoms with E-state index >= 15 is 0 Å². The van der Waals surface area contributed by atoms with E-state index in [9.17, 15) is 5.26 Å². The van der Waals surface area contributed by atoms with Crippen molar-refractivity contribution in [1.82, 2.24) is 0 Å². The van der Waals surface area contributed by atoms with Gasteiger partial charge in [0.1, 0.15) is 17.4 Å². The van der Waals surface area contributed by atoms with Gasteiger partial charge in [0.15, 0.2) is 0 Å². The quantitative estimate of drug-likeness (QED) is 0.709. The Balaban J connectivity index is 1.91. The molecule has 1 unspecified atom stereocenters. The van der Waals surface area contributed by atoms with Gasteiger partial charge in [-0.2, -0.15) is 5.26 Å². The minimum atomic E-state index is -0.0289. The minimum absolute atomic E-state index is 0.0289. The Labute approximate surface area is 131 Å². The Morgan fingerprint density at radius 1 is 1.19 bits per heavy atom. The molecule has 3 rings (SSSR count). The van der Waals surface area contributed by atoms with Crippen LogP contribution in [0.1, 0.15) is 24.3 Å². The summed E-state index contributed by atoms with van der Waals surface area (Å²) in [5, 5.41) is 13.6. The number of para-hydroxylation sites is 1. The van der Waals surface area contributed by atoms with Crippen LogP contribution in [-0.4, -0.2) is 0 Å². The number of nitrogens with one attached hydrogen (secondary N) is 1. The first-order valence-corrected chi connectivity index (χ1v) is 7.41. The van der Waals surface area contributed by atoms with E-state index in [2.05, 4.69) is 27.3 Å². The second-order valence-corrected chi connectivity index (χ2v) is 5.77. The molecule has 0 bridgehead atoms. The van der Waals surface area contributed by atoms with E-state index < -0.39 is 0 Å². The lowest BCUT2D eigenvalue weighted by molar-refractivity contribution is 0.526. The molecule has 0 aliphatic heterocycles. The molecule has 3 aromatic rings. The second kappa shape index (κ2) is 5.63. The molecule has 1 atom stereocenters. The van der Waals surface area contributed by atoms with E-state index in [1.54, 1.807) is 6.07 Å². The highest BCUT2D eigenvalue weighted by Gasteiger charge is 2.13. The van der Waals surface area contributed by atoms with Crippen LogP contribution in [0.25, 0.3) is 11.0 Å². The number of fused-ring (bicyclic) bond motifs is 1. The minimum Gasteiger partial charge on any atom is -0.459 e. The summed E-state index contributed by atoms with van der Waals surface area (Å²) in [6, 6.07) is 17.6. The molecule has 0 saturated carbocycles. The van der Waals surface area contributed by atoms with Crippen LogP contribution in [0.2, 0.25) is 0 Å². The monoisotopic (exact) mass is 340 g/mol. The lowest BCUT2D eigenvalue weighted by Crippen LogP contribution is -2.06. The third kappa shape index (κ3) is 2.79. The fraction of sp³-hybridized carbons (Fsp3) is 0.118. The van der Waals surface area contributed by atoms with Crippen LogP contribution >= 0.6 is 15.9 Å². The summed E-state index contributed by atoms with van der Waals surface area (Å²) in [5.41, 5.74) is 2.27. The molecule has 0 fully saturated rings. The third-order valence-corrected chi connectivity index (χ3v) is 3.84. The Hall–Kier alpha value is -2.25. The fourth-order valence-electron chi connectivity index (χ4n) is 2.25. The lowest BCUT2D eigenvalue weighted by atomic mass is 10.1. The number of halogens is 1. The maximum absolute atomic E-state index is 9.18. The van der Waals surface area contributed by atoms with E-state index in [1.165, 1.54) is 0 Å². The van der Waals surface area contributed by atoms with Crippen molar-refractivity contribution in [2.24, 2.45) is 0 Å².